The molecule has 4 nitrogen and oxygen atoms in total. The molecule has 2 aromatic rings. The molecule has 0 radical (unpaired) electrons. The van der Waals surface area contributed by atoms with Gasteiger partial charge in [-0.25, -0.2) is 4.79 Å². The Morgan fingerprint density at radius 1 is 1.20 bits per heavy atom. The molecule has 1 heterocycles. The Hall–Kier alpha value is -1.84. The summed E-state index contributed by atoms with van der Waals surface area (Å²) in [7, 11) is 0. The molecule has 1 aromatic carbocycles. The fourth-order valence-corrected chi connectivity index (χ4v) is 1.91. The van der Waals surface area contributed by atoms with E-state index in [1.165, 1.54) is 0 Å². The Kier molecular flexibility index (Phi) is 1.59. The third kappa shape index (κ3) is 1.21. The van der Waals surface area contributed by atoms with Crippen LogP contribution >= 0.6 is 0 Å². The number of para-hydroxylation sites is 1. The van der Waals surface area contributed by atoms with Crippen LogP contribution in [0.5, 0.6) is 0 Å². The van der Waals surface area contributed by atoms with Crippen molar-refractivity contribution in [3.8, 4) is 0 Å². The molecule has 1 fully saturated rings. The smallest absolute Gasteiger partial charge is 0.290 e. The van der Waals surface area contributed by atoms with Crippen molar-refractivity contribution in [1.82, 2.24) is 9.55 Å². The quantitative estimate of drug-likeness (QED) is 0.750. The van der Waals surface area contributed by atoms with Crippen LogP contribution in [0.25, 0.3) is 10.9 Å². The van der Waals surface area contributed by atoms with Gasteiger partial charge in [-0.15, -0.1) is 0 Å². The number of nitrogens with zero attached hydrogens (tertiary/aromatic N) is 1. The largest absolute Gasteiger partial charge is 0.329 e. The molecule has 1 N–H and O–H groups in total. The maximum atomic E-state index is 11.6. The number of fused-ring (bicyclic) bond motifs is 1. The van der Waals surface area contributed by atoms with Crippen molar-refractivity contribution in [3.05, 3.63) is 45.1 Å². The van der Waals surface area contributed by atoms with Crippen LogP contribution in [0, 0.1) is 0 Å². The summed E-state index contributed by atoms with van der Waals surface area (Å²) in [6, 6.07) is 7.50. The first-order valence-corrected chi connectivity index (χ1v) is 5.01. The van der Waals surface area contributed by atoms with E-state index in [9.17, 15) is 9.59 Å². The Labute approximate surface area is 85.2 Å². The molecule has 3 rings (SSSR count). The van der Waals surface area contributed by atoms with Gasteiger partial charge >= 0.3 is 5.69 Å². The minimum atomic E-state index is -0.299. The van der Waals surface area contributed by atoms with Gasteiger partial charge in [-0.3, -0.25) is 14.3 Å². The van der Waals surface area contributed by atoms with Crippen LogP contribution in [0.3, 0.4) is 0 Å². The van der Waals surface area contributed by atoms with E-state index >= 15 is 0 Å². The Balaban J connectivity index is 2.52. The number of H-pyrrole nitrogens is 1. The van der Waals surface area contributed by atoms with Crippen molar-refractivity contribution in [2.24, 2.45) is 0 Å². The van der Waals surface area contributed by atoms with Gasteiger partial charge in [0.25, 0.3) is 5.56 Å². The second-order valence-corrected chi connectivity index (χ2v) is 3.88. The first-order valence-electron chi connectivity index (χ1n) is 5.01. The fourth-order valence-electron chi connectivity index (χ4n) is 1.91. The number of benzene rings is 1. The van der Waals surface area contributed by atoms with E-state index in [1.807, 2.05) is 12.1 Å². The summed E-state index contributed by atoms with van der Waals surface area (Å²) in [5, 5.41) is 0.587. The Morgan fingerprint density at radius 2 is 1.93 bits per heavy atom. The number of rotatable bonds is 1. The molecule has 0 spiro atoms. The Morgan fingerprint density at radius 3 is 2.67 bits per heavy atom. The lowest BCUT2D eigenvalue weighted by Crippen LogP contribution is -2.29. The molecular formula is C11H10N2O2. The topological polar surface area (TPSA) is 54.9 Å². The molecule has 1 aromatic heterocycles. The van der Waals surface area contributed by atoms with Gasteiger partial charge in [-0.05, 0) is 25.0 Å². The zero-order valence-corrected chi connectivity index (χ0v) is 8.06. The second kappa shape index (κ2) is 2.82. The van der Waals surface area contributed by atoms with Gasteiger partial charge in [0, 0.05) is 6.04 Å². The Bertz CT molecular complexity index is 635. The number of aromatic nitrogens is 2. The van der Waals surface area contributed by atoms with Crippen molar-refractivity contribution in [2.75, 3.05) is 0 Å². The summed E-state index contributed by atoms with van der Waals surface area (Å²) in [5.41, 5.74) is 0.155. The lowest BCUT2D eigenvalue weighted by Gasteiger charge is -2.06. The van der Waals surface area contributed by atoms with Gasteiger partial charge in [-0.1, -0.05) is 12.1 Å². The summed E-state index contributed by atoms with van der Waals surface area (Å²) in [6.45, 7) is 0. The predicted molar refractivity (Wildman–Crippen MR) is 57.1 cm³/mol. The first-order chi connectivity index (χ1) is 7.27. The highest BCUT2D eigenvalue weighted by Gasteiger charge is 2.26. The van der Waals surface area contributed by atoms with Crippen molar-refractivity contribution in [1.29, 1.82) is 0 Å². The van der Waals surface area contributed by atoms with Crippen LogP contribution in [-0.2, 0) is 0 Å². The van der Waals surface area contributed by atoms with Gasteiger partial charge < -0.3 is 0 Å². The van der Waals surface area contributed by atoms with E-state index in [0.29, 0.717) is 5.39 Å². The summed E-state index contributed by atoms with van der Waals surface area (Å²) in [4.78, 5) is 25.5. The van der Waals surface area contributed by atoms with E-state index in [0.717, 1.165) is 18.4 Å². The minimum Gasteiger partial charge on any atom is -0.290 e. The summed E-state index contributed by atoms with van der Waals surface area (Å²) >= 11 is 0. The molecule has 0 bridgehead atoms. The van der Waals surface area contributed by atoms with Gasteiger partial charge in [0.1, 0.15) is 0 Å². The SMILES string of the molecule is O=c1[nH]c(=O)n(C2CC2)c2ccccc12. The molecule has 0 atom stereocenters. The van der Waals surface area contributed by atoms with E-state index in [4.69, 9.17) is 0 Å². The molecule has 0 amide bonds. The molecule has 76 valence electrons. The summed E-state index contributed by atoms with van der Waals surface area (Å²) in [6.07, 6.45) is 2.05. The average Bonchev–Trinajstić information content (AvgIpc) is 3.02. The van der Waals surface area contributed by atoms with Gasteiger partial charge in [0.05, 0.1) is 10.9 Å². The van der Waals surface area contributed by atoms with Crippen molar-refractivity contribution >= 4 is 10.9 Å². The third-order valence-corrected chi connectivity index (χ3v) is 2.76. The van der Waals surface area contributed by atoms with E-state index in [1.54, 1.807) is 16.7 Å². The average molecular weight is 202 g/mol. The molecule has 1 saturated carbocycles. The fraction of sp³-hybridized carbons (Fsp3) is 0.273. The molecular weight excluding hydrogens is 192 g/mol. The monoisotopic (exact) mass is 202 g/mol. The normalized spacial score (nSPS) is 15.7. The summed E-state index contributed by atoms with van der Waals surface area (Å²) < 4.78 is 1.69. The van der Waals surface area contributed by atoms with Crippen LogP contribution in [0.4, 0.5) is 0 Å². The minimum absolute atomic E-state index is 0.277. The van der Waals surface area contributed by atoms with Crippen molar-refractivity contribution < 1.29 is 0 Å². The second-order valence-electron chi connectivity index (χ2n) is 3.88. The zero-order chi connectivity index (χ0) is 10.4. The predicted octanol–water partition coefficient (Wildman–Crippen LogP) is 1.02. The van der Waals surface area contributed by atoms with Crippen LogP contribution in [-0.4, -0.2) is 9.55 Å². The highest BCUT2D eigenvalue weighted by molar-refractivity contribution is 5.77. The van der Waals surface area contributed by atoms with E-state index < -0.39 is 0 Å². The van der Waals surface area contributed by atoms with E-state index in [2.05, 4.69) is 4.98 Å². The molecule has 0 aliphatic heterocycles. The maximum Gasteiger partial charge on any atom is 0.329 e. The lowest BCUT2D eigenvalue weighted by molar-refractivity contribution is 0.708. The number of aromatic amines is 1. The van der Waals surface area contributed by atoms with Crippen molar-refractivity contribution in [3.63, 3.8) is 0 Å². The highest BCUT2D eigenvalue weighted by atomic mass is 16.2. The highest BCUT2D eigenvalue weighted by Crippen LogP contribution is 2.34. The first kappa shape index (κ1) is 8.47. The third-order valence-electron chi connectivity index (χ3n) is 2.76. The number of nitrogens with one attached hydrogen (secondary N) is 1. The van der Waals surface area contributed by atoms with E-state index in [-0.39, 0.29) is 17.3 Å². The number of hydrogen-bond acceptors (Lipinski definition) is 2. The molecule has 0 saturated heterocycles. The molecule has 1 aliphatic carbocycles. The van der Waals surface area contributed by atoms with Crippen LogP contribution in [0.1, 0.15) is 18.9 Å². The summed E-state index contributed by atoms with van der Waals surface area (Å²) in [5.74, 6) is 0. The van der Waals surface area contributed by atoms with Crippen LogP contribution in [0.2, 0.25) is 0 Å². The van der Waals surface area contributed by atoms with Crippen LogP contribution in [0.15, 0.2) is 33.9 Å². The molecule has 15 heavy (non-hydrogen) atoms. The zero-order valence-electron chi connectivity index (χ0n) is 8.06. The number of hydrogen-bond donors (Lipinski definition) is 1. The standard InChI is InChI=1S/C11H10N2O2/c14-10-8-3-1-2-4-9(8)13(7-5-6-7)11(15)12-10/h1-4,7H,5-6H2,(H,12,14,15). The molecule has 1 aliphatic rings. The molecule has 4 heteroatoms. The van der Waals surface area contributed by atoms with Crippen molar-refractivity contribution in [2.45, 2.75) is 18.9 Å². The maximum absolute atomic E-state index is 11.6. The van der Waals surface area contributed by atoms with Gasteiger partial charge in [0.15, 0.2) is 0 Å². The molecule has 0 unspecified atom stereocenters. The van der Waals surface area contributed by atoms with Gasteiger partial charge in [0.2, 0.25) is 0 Å². The lowest BCUT2D eigenvalue weighted by atomic mass is 10.2. The van der Waals surface area contributed by atoms with Gasteiger partial charge in [-0.2, -0.15) is 0 Å². The van der Waals surface area contributed by atoms with Crippen LogP contribution < -0.4 is 11.2 Å².